The molecule has 1 aliphatic heterocycles. The van der Waals surface area contributed by atoms with Crippen LogP contribution in [0.3, 0.4) is 0 Å². The number of aromatic nitrogens is 2. The molecule has 4 nitrogen and oxygen atoms in total. The van der Waals surface area contributed by atoms with Crippen LogP contribution in [-0.2, 0) is 4.79 Å². The predicted molar refractivity (Wildman–Crippen MR) is 50.9 cm³/mol. The van der Waals surface area contributed by atoms with Gasteiger partial charge < -0.3 is 0 Å². The van der Waals surface area contributed by atoms with E-state index in [1.807, 2.05) is 6.92 Å². The smallest absolute Gasteiger partial charge is 0.238 e. The Kier molecular flexibility index (Phi) is 1.95. The Labute approximate surface area is 80.4 Å². The number of fused-ring (bicyclic) bond motifs is 1. The molecule has 2 heterocycles. The molecule has 0 aliphatic carbocycles. The van der Waals surface area contributed by atoms with E-state index in [2.05, 4.69) is 9.97 Å². The Morgan fingerprint density at radius 1 is 1.62 bits per heavy atom. The van der Waals surface area contributed by atoms with Gasteiger partial charge in [0.05, 0.1) is 11.4 Å². The van der Waals surface area contributed by atoms with Gasteiger partial charge in [0.25, 0.3) is 0 Å². The summed E-state index contributed by atoms with van der Waals surface area (Å²) in [6, 6.07) is 0. The molecule has 0 bridgehead atoms. The lowest BCUT2D eigenvalue weighted by Gasteiger charge is -2.22. The molecule has 5 heteroatoms. The van der Waals surface area contributed by atoms with Crippen LogP contribution in [0.25, 0.3) is 0 Å². The highest BCUT2D eigenvalue weighted by Crippen LogP contribution is 2.30. The van der Waals surface area contributed by atoms with Crippen molar-refractivity contribution >= 4 is 23.5 Å². The molecule has 0 saturated carbocycles. The fourth-order valence-corrected chi connectivity index (χ4v) is 2.01. The Balaban J connectivity index is 2.51. The summed E-state index contributed by atoms with van der Waals surface area (Å²) < 4.78 is 0. The zero-order valence-electron chi connectivity index (χ0n) is 7.44. The number of hydrogen-bond acceptors (Lipinski definition) is 4. The van der Waals surface area contributed by atoms with E-state index >= 15 is 0 Å². The van der Waals surface area contributed by atoms with Crippen LogP contribution < -0.4 is 4.90 Å². The third-order valence-corrected chi connectivity index (χ3v) is 2.82. The molecule has 0 aromatic carbocycles. The van der Waals surface area contributed by atoms with Crippen molar-refractivity contribution in [2.75, 3.05) is 17.7 Å². The number of carbonyl (C=O) groups is 1. The molecule has 0 atom stereocenters. The highest BCUT2D eigenvalue weighted by molar-refractivity contribution is 8.00. The van der Waals surface area contributed by atoms with Crippen molar-refractivity contribution in [3.05, 3.63) is 11.9 Å². The average molecular weight is 195 g/mol. The van der Waals surface area contributed by atoms with E-state index in [-0.39, 0.29) is 5.91 Å². The average Bonchev–Trinajstić information content (AvgIpc) is 2.12. The number of thioether (sulfide) groups is 1. The van der Waals surface area contributed by atoms with Crippen molar-refractivity contribution in [2.45, 2.75) is 11.9 Å². The van der Waals surface area contributed by atoms with Gasteiger partial charge in [-0.3, -0.25) is 9.69 Å². The lowest BCUT2D eigenvalue weighted by atomic mass is 10.4. The van der Waals surface area contributed by atoms with Gasteiger partial charge in [-0.15, -0.1) is 0 Å². The maximum absolute atomic E-state index is 11.3. The summed E-state index contributed by atoms with van der Waals surface area (Å²) in [5, 5.41) is 0.840. The first-order valence-corrected chi connectivity index (χ1v) is 4.90. The number of rotatable bonds is 0. The summed E-state index contributed by atoms with van der Waals surface area (Å²) in [7, 11) is 1.73. The quantitative estimate of drug-likeness (QED) is 0.615. The number of aryl methyl sites for hydroxylation is 1. The Morgan fingerprint density at radius 3 is 3.15 bits per heavy atom. The Morgan fingerprint density at radius 2 is 2.38 bits per heavy atom. The first-order valence-electron chi connectivity index (χ1n) is 3.91. The number of carbonyl (C=O) groups excluding carboxylic acids is 1. The van der Waals surface area contributed by atoms with Crippen molar-refractivity contribution in [1.29, 1.82) is 0 Å². The molecule has 1 amide bonds. The first-order chi connectivity index (χ1) is 6.18. The largest absolute Gasteiger partial charge is 0.297 e. The minimum atomic E-state index is 0.0809. The van der Waals surface area contributed by atoms with Gasteiger partial charge >= 0.3 is 0 Å². The highest BCUT2D eigenvalue weighted by atomic mass is 32.2. The van der Waals surface area contributed by atoms with Crippen LogP contribution in [0, 0.1) is 6.92 Å². The molecule has 1 aromatic heterocycles. The van der Waals surface area contributed by atoms with Crippen LogP contribution in [-0.4, -0.2) is 28.7 Å². The standard InChI is InChI=1S/C8H9N3OS/c1-5-3-9-8-7(10-5)11(2)6(12)4-13-8/h3H,4H2,1-2H3. The SMILES string of the molecule is Cc1cnc2c(n1)N(C)C(=O)CS2. The second kappa shape index (κ2) is 2.99. The Bertz CT molecular complexity index is 366. The second-order valence-electron chi connectivity index (χ2n) is 2.88. The molecule has 13 heavy (non-hydrogen) atoms. The fourth-order valence-electron chi connectivity index (χ4n) is 1.12. The van der Waals surface area contributed by atoms with Crippen LogP contribution in [0.4, 0.5) is 5.82 Å². The minimum absolute atomic E-state index is 0.0809. The maximum atomic E-state index is 11.3. The maximum Gasteiger partial charge on any atom is 0.238 e. The Hall–Kier alpha value is -1.10. The van der Waals surface area contributed by atoms with Crippen molar-refractivity contribution in [2.24, 2.45) is 0 Å². The van der Waals surface area contributed by atoms with Gasteiger partial charge in [-0.2, -0.15) is 0 Å². The zero-order chi connectivity index (χ0) is 9.42. The second-order valence-corrected chi connectivity index (χ2v) is 3.85. The highest BCUT2D eigenvalue weighted by Gasteiger charge is 2.23. The third-order valence-electron chi connectivity index (χ3n) is 1.87. The van der Waals surface area contributed by atoms with E-state index in [0.29, 0.717) is 11.6 Å². The molecule has 1 aliphatic rings. The summed E-state index contributed by atoms with van der Waals surface area (Å²) in [5.41, 5.74) is 0.834. The zero-order valence-corrected chi connectivity index (χ0v) is 8.26. The fraction of sp³-hybridized carbons (Fsp3) is 0.375. The van der Waals surface area contributed by atoms with Gasteiger partial charge in [0.2, 0.25) is 5.91 Å². The lowest BCUT2D eigenvalue weighted by Crippen LogP contribution is -2.32. The van der Waals surface area contributed by atoms with Crippen molar-refractivity contribution in [3.8, 4) is 0 Å². The van der Waals surface area contributed by atoms with Crippen molar-refractivity contribution in [3.63, 3.8) is 0 Å². The van der Waals surface area contributed by atoms with Gasteiger partial charge in [0.15, 0.2) is 5.82 Å². The summed E-state index contributed by atoms with van der Waals surface area (Å²) in [6.45, 7) is 1.87. The van der Waals surface area contributed by atoms with E-state index in [0.717, 1.165) is 10.7 Å². The molecule has 0 fully saturated rings. The van der Waals surface area contributed by atoms with E-state index in [1.165, 1.54) is 11.8 Å². The van der Waals surface area contributed by atoms with Crippen LogP contribution in [0.2, 0.25) is 0 Å². The first kappa shape index (κ1) is 8.50. The molecule has 0 saturated heterocycles. The van der Waals surface area contributed by atoms with Crippen LogP contribution in [0.15, 0.2) is 11.2 Å². The van der Waals surface area contributed by atoms with Gasteiger partial charge in [0, 0.05) is 13.2 Å². The van der Waals surface area contributed by atoms with Crippen LogP contribution in [0.1, 0.15) is 5.69 Å². The lowest BCUT2D eigenvalue weighted by molar-refractivity contribution is -0.116. The molecular weight excluding hydrogens is 186 g/mol. The number of hydrogen-bond donors (Lipinski definition) is 0. The number of nitrogens with zero attached hydrogens (tertiary/aromatic N) is 3. The molecule has 0 N–H and O–H groups in total. The minimum Gasteiger partial charge on any atom is -0.297 e. The van der Waals surface area contributed by atoms with E-state index in [1.54, 1.807) is 18.1 Å². The molecule has 0 radical (unpaired) electrons. The molecule has 2 rings (SSSR count). The van der Waals surface area contributed by atoms with Gasteiger partial charge in [0.1, 0.15) is 5.03 Å². The van der Waals surface area contributed by atoms with E-state index in [9.17, 15) is 4.79 Å². The van der Waals surface area contributed by atoms with Crippen LogP contribution in [0.5, 0.6) is 0 Å². The summed E-state index contributed by atoms with van der Waals surface area (Å²) >= 11 is 1.44. The van der Waals surface area contributed by atoms with Crippen molar-refractivity contribution < 1.29 is 4.79 Å². The summed E-state index contributed by atoms with van der Waals surface area (Å²) in [4.78, 5) is 21.3. The molecule has 68 valence electrons. The topological polar surface area (TPSA) is 46.1 Å². The van der Waals surface area contributed by atoms with Gasteiger partial charge in [-0.1, -0.05) is 11.8 Å². The monoisotopic (exact) mass is 195 g/mol. The van der Waals surface area contributed by atoms with Crippen molar-refractivity contribution in [1.82, 2.24) is 9.97 Å². The van der Waals surface area contributed by atoms with E-state index in [4.69, 9.17) is 0 Å². The normalized spacial score (nSPS) is 15.8. The van der Waals surface area contributed by atoms with Gasteiger partial charge in [-0.25, -0.2) is 9.97 Å². The number of amides is 1. The molecule has 0 spiro atoms. The predicted octanol–water partition coefficient (Wildman–Crippen LogP) is 0.854. The van der Waals surface area contributed by atoms with Crippen LogP contribution >= 0.6 is 11.8 Å². The third kappa shape index (κ3) is 1.39. The molecule has 1 aromatic rings. The molecule has 0 unspecified atom stereocenters. The van der Waals surface area contributed by atoms with Gasteiger partial charge in [-0.05, 0) is 6.92 Å². The summed E-state index contributed by atoms with van der Waals surface area (Å²) in [5.74, 6) is 1.22. The summed E-state index contributed by atoms with van der Waals surface area (Å²) in [6.07, 6.45) is 1.72. The van der Waals surface area contributed by atoms with E-state index < -0.39 is 0 Å². The number of anilines is 1. The molecular formula is C8H9N3OS.